The Kier molecular flexibility index (Phi) is 7.14. The summed E-state index contributed by atoms with van der Waals surface area (Å²) in [6.07, 6.45) is 7.42. The molecule has 3 atom stereocenters. The summed E-state index contributed by atoms with van der Waals surface area (Å²) >= 11 is 0. The summed E-state index contributed by atoms with van der Waals surface area (Å²) in [5.41, 5.74) is 1.40. The minimum Gasteiger partial charge on any atom is -0.463 e. The number of esters is 1. The molecular weight excluding hydrogens is 240 g/mol. The minimum atomic E-state index is -0.369. The Hall–Kier alpha value is -0.830. The number of methoxy groups -OCH3 is 1. The molecule has 0 aromatic rings. The van der Waals surface area contributed by atoms with Crippen LogP contribution in [0, 0.1) is 11.8 Å². The third kappa shape index (κ3) is 5.77. The highest BCUT2D eigenvalue weighted by atomic mass is 16.6. The van der Waals surface area contributed by atoms with Crippen LogP contribution >= 0.6 is 0 Å². The highest BCUT2D eigenvalue weighted by Crippen LogP contribution is 2.24. The van der Waals surface area contributed by atoms with Gasteiger partial charge in [0.1, 0.15) is 0 Å². The Labute approximate surface area is 117 Å². The van der Waals surface area contributed by atoms with E-state index in [-0.39, 0.29) is 12.1 Å². The molecule has 19 heavy (non-hydrogen) atoms. The zero-order chi connectivity index (χ0) is 14.3. The quantitative estimate of drug-likeness (QED) is 0.521. The molecule has 1 aliphatic heterocycles. The Morgan fingerprint density at radius 2 is 2.32 bits per heavy atom. The van der Waals surface area contributed by atoms with Gasteiger partial charge < -0.3 is 9.47 Å². The van der Waals surface area contributed by atoms with Crippen LogP contribution in [0.5, 0.6) is 0 Å². The first-order chi connectivity index (χ1) is 9.06. The maximum Gasteiger partial charge on any atom is 0.335 e. The predicted molar refractivity (Wildman–Crippen MR) is 76.9 cm³/mol. The maximum absolute atomic E-state index is 11.4. The number of allylic oxidation sites excluding steroid dienone is 2. The number of rotatable bonds is 7. The van der Waals surface area contributed by atoms with Gasteiger partial charge in [-0.15, -0.1) is 0 Å². The second kappa shape index (κ2) is 8.36. The van der Waals surface area contributed by atoms with E-state index >= 15 is 0 Å². The Morgan fingerprint density at radius 1 is 1.58 bits per heavy atom. The van der Waals surface area contributed by atoms with Crippen molar-refractivity contribution in [3.8, 4) is 0 Å². The first kappa shape index (κ1) is 16.2. The Bertz CT molecular complexity index is 309. The minimum absolute atomic E-state index is 0.211. The summed E-state index contributed by atoms with van der Waals surface area (Å²) in [7, 11) is 1.57. The highest BCUT2D eigenvalue weighted by Gasteiger charge is 2.30. The average molecular weight is 268 g/mol. The molecule has 0 aromatic carbocycles. The second-order valence-corrected chi connectivity index (χ2v) is 5.80. The predicted octanol–water partition coefficient (Wildman–Crippen LogP) is 3.73. The van der Waals surface area contributed by atoms with Crippen molar-refractivity contribution < 1.29 is 14.3 Å². The van der Waals surface area contributed by atoms with Crippen molar-refractivity contribution in [3.63, 3.8) is 0 Å². The molecule has 0 bridgehead atoms. The van der Waals surface area contributed by atoms with E-state index < -0.39 is 0 Å². The fourth-order valence-electron chi connectivity index (χ4n) is 2.45. The van der Waals surface area contributed by atoms with Crippen LogP contribution < -0.4 is 0 Å². The van der Waals surface area contributed by atoms with E-state index in [1.807, 2.05) is 0 Å². The molecule has 0 unspecified atom stereocenters. The van der Waals surface area contributed by atoms with Crippen molar-refractivity contribution in [3.05, 3.63) is 11.6 Å². The zero-order valence-corrected chi connectivity index (χ0v) is 12.8. The highest BCUT2D eigenvalue weighted by molar-refractivity contribution is 5.75. The van der Waals surface area contributed by atoms with E-state index in [1.165, 1.54) is 18.4 Å². The lowest BCUT2D eigenvalue weighted by Crippen LogP contribution is -2.36. The summed E-state index contributed by atoms with van der Waals surface area (Å²) in [4.78, 5) is 11.4. The van der Waals surface area contributed by atoms with Crippen LogP contribution in [0.3, 0.4) is 0 Å². The molecule has 0 saturated carbocycles. The molecule has 0 N–H and O–H groups in total. The Morgan fingerprint density at radius 3 is 2.95 bits per heavy atom. The van der Waals surface area contributed by atoms with E-state index in [0.29, 0.717) is 12.5 Å². The van der Waals surface area contributed by atoms with Gasteiger partial charge in [0.25, 0.3) is 0 Å². The molecule has 0 radical (unpaired) electrons. The number of hydrogen-bond acceptors (Lipinski definition) is 3. The average Bonchev–Trinajstić information content (AvgIpc) is 2.40. The molecule has 110 valence electrons. The van der Waals surface area contributed by atoms with Gasteiger partial charge in [-0.05, 0) is 44.4 Å². The summed E-state index contributed by atoms with van der Waals surface area (Å²) < 4.78 is 10.3. The molecular formula is C16H28O3. The van der Waals surface area contributed by atoms with Gasteiger partial charge in [-0.2, -0.15) is 0 Å². The lowest BCUT2D eigenvalue weighted by Gasteiger charge is -2.27. The van der Waals surface area contributed by atoms with Crippen molar-refractivity contribution in [2.45, 2.75) is 59.0 Å². The maximum atomic E-state index is 11.4. The largest absolute Gasteiger partial charge is 0.463 e. The van der Waals surface area contributed by atoms with Crippen LogP contribution in [0.4, 0.5) is 0 Å². The van der Waals surface area contributed by atoms with Gasteiger partial charge in [-0.1, -0.05) is 31.9 Å². The van der Waals surface area contributed by atoms with Crippen molar-refractivity contribution >= 4 is 5.97 Å². The molecule has 1 aliphatic rings. The van der Waals surface area contributed by atoms with E-state index in [0.717, 1.165) is 25.2 Å². The molecule has 1 fully saturated rings. The van der Waals surface area contributed by atoms with Crippen LogP contribution in [-0.4, -0.2) is 25.8 Å². The number of carbonyl (C=O) groups excluding carboxylic acids is 1. The standard InChI is InChI=1S/C16H28O3/c1-5-12(2)7-6-8-13(3)9-14-10-15(18-4)16(17)19-11-14/h8,12,14-15H,5-7,9-11H2,1-4H3/b13-8-/t12-,14+,15+/m1/s1. The van der Waals surface area contributed by atoms with Gasteiger partial charge in [0.2, 0.25) is 0 Å². The number of ether oxygens (including phenoxy) is 2. The molecule has 1 heterocycles. The lowest BCUT2D eigenvalue weighted by molar-refractivity contribution is -0.165. The smallest absolute Gasteiger partial charge is 0.335 e. The molecule has 0 spiro atoms. The summed E-state index contributed by atoms with van der Waals surface area (Å²) in [5.74, 6) is 0.997. The molecule has 1 saturated heterocycles. The SMILES string of the molecule is CC[C@@H](C)CC/C=C(/C)C[C@@H]1COC(=O)[C@@H](OC)C1. The van der Waals surface area contributed by atoms with E-state index in [9.17, 15) is 4.79 Å². The van der Waals surface area contributed by atoms with Gasteiger partial charge in [0, 0.05) is 7.11 Å². The van der Waals surface area contributed by atoms with Crippen LogP contribution in [-0.2, 0) is 14.3 Å². The molecule has 0 aromatic heterocycles. The van der Waals surface area contributed by atoms with Crippen LogP contribution in [0.25, 0.3) is 0 Å². The van der Waals surface area contributed by atoms with Gasteiger partial charge in [-0.25, -0.2) is 4.79 Å². The third-order valence-electron chi connectivity index (χ3n) is 4.02. The Balaban J connectivity index is 2.33. The number of carbonyl (C=O) groups is 1. The molecule has 1 rings (SSSR count). The normalized spacial score (nSPS) is 26.1. The van der Waals surface area contributed by atoms with Crippen LogP contribution in [0.1, 0.15) is 52.9 Å². The monoisotopic (exact) mass is 268 g/mol. The topological polar surface area (TPSA) is 35.5 Å². The zero-order valence-electron chi connectivity index (χ0n) is 12.8. The molecule has 0 amide bonds. The first-order valence-electron chi connectivity index (χ1n) is 7.41. The van der Waals surface area contributed by atoms with E-state index in [2.05, 4.69) is 26.8 Å². The van der Waals surface area contributed by atoms with Crippen LogP contribution in [0.15, 0.2) is 11.6 Å². The van der Waals surface area contributed by atoms with Gasteiger partial charge >= 0.3 is 5.97 Å². The summed E-state index contributed by atoms with van der Waals surface area (Å²) in [6, 6.07) is 0. The summed E-state index contributed by atoms with van der Waals surface area (Å²) in [5, 5.41) is 0. The summed E-state index contributed by atoms with van der Waals surface area (Å²) in [6.45, 7) is 7.25. The fraction of sp³-hybridized carbons (Fsp3) is 0.812. The van der Waals surface area contributed by atoms with Crippen molar-refractivity contribution in [2.75, 3.05) is 13.7 Å². The third-order valence-corrected chi connectivity index (χ3v) is 4.02. The molecule has 3 nitrogen and oxygen atoms in total. The van der Waals surface area contributed by atoms with E-state index in [4.69, 9.17) is 9.47 Å². The van der Waals surface area contributed by atoms with Crippen molar-refractivity contribution in [2.24, 2.45) is 11.8 Å². The van der Waals surface area contributed by atoms with E-state index in [1.54, 1.807) is 7.11 Å². The van der Waals surface area contributed by atoms with Gasteiger partial charge in [0.15, 0.2) is 6.10 Å². The number of cyclic esters (lactones) is 1. The van der Waals surface area contributed by atoms with Crippen LogP contribution in [0.2, 0.25) is 0 Å². The number of hydrogen-bond donors (Lipinski definition) is 0. The lowest BCUT2D eigenvalue weighted by atomic mass is 9.92. The van der Waals surface area contributed by atoms with Gasteiger partial charge in [-0.3, -0.25) is 0 Å². The second-order valence-electron chi connectivity index (χ2n) is 5.80. The molecule has 3 heteroatoms. The molecule has 0 aliphatic carbocycles. The van der Waals surface area contributed by atoms with Crippen molar-refractivity contribution in [1.29, 1.82) is 0 Å². The van der Waals surface area contributed by atoms with Gasteiger partial charge in [0.05, 0.1) is 6.61 Å². The van der Waals surface area contributed by atoms with Crippen molar-refractivity contribution in [1.82, 2.24) is 0 Å². The fourth-order valence-corrected chi connectivity index (χ4v) is 2.45. The first-order valence-corrected chi connectivity index (χ1v) is 7.41.